The number of ether oxygens (including phenoxy) is 2. The van der Waals surface area contributed by atoms with Crippen LogP contribution in [0, 0.1) is 6.92 Å². The average molecular weight is 483 g/mol. The predicted octanol–water partition coefficient (Wildman–Crippen LogP) is 3.41. The molecule has 0 saturated heterocycles. The van der Waals surface area contributed by atoms with E-state index >= 15 is 0 Å². The number of hydrogen-bond donors (Lipinski definition) is 0. The number of carbonyl (C=O) groups excluding carboxylic acids is 1. The van der Waals surface area contributed by atoms with E-state index in [-0.39, 0.29) is 11.3 Å². The van der Waals surface area contributed by atoms with Gasteiger partial charge in [-0.2, -0.15) is 9.61 Å². The lowest BCUT2D eigenvalue weighted by molar-refractivity contribution is 0.0820. The molecule has 0 radical (unpaired) electrons. The van der Waals surface area contributed by atoms with Crippen molar-refractivity contribution in [1.82, 2.24) is 24.3 Å². The number of benzene rings is 1. The maximum atomic E-state index is 12.5. The van der Waals surface area contributed by atoms with E-state index in [1.165, 1.54) is 4.90 Å². The molecule has 0 unspecified atom stereocenters. The summed E-state index contributed by atoms with van der Waals surface area (Å²) in [5, 5.41) is 9.30. The van der Waals surface area contributed by atoms with Crippen LogP contribution >= 0.6 is 0 Å². The Labute approximate surface area is 207 Å². The molecule has 3 aromatic rings. The minimum absolute atomic E-state index is 0.109. The summed E-state index contributed by atoms with van der Waals surface area (Å²) < 4.78 is 15.3. The van der Waals surface area contributed by atoms with Gasteiger partial charge in [0.1, 0.15) is 5.69 Å². The SMILES string of the molecule is CCCOc1cc(CCn2nc3c(C)cc(C(=O)N(C)C)nn3/c2=N/C)cc(C(C)(C)C)c1OC. The minimum Gasteiger partial charge on any atom is -0.493 e. The zero-order valence-corrected chi connectivity index (χ0v) is 22.5. The summed E-state index contributed by atoms with van der Waals surface area (Å²) in [6.45, 7) is 11.7. The summed E-state index contributed by atoms with van der Waals surface area (Å²) in [7, 11) is 6.82. The van der Waals surface area contributed by atoms with E-state index in [9.17, 15) is 4.79 Å². The van der Waals surface area contributed by atoms with E-state index < -0.39 is 0 Å². The van der Waals surface area contributed by atoms with E-state index in [0.717, 1.165) is 41.0 Å². The number of rotatable bonds is 8. The van der Waals surface area contributed by atoms with Crippen molar-refractivity contribution in [2.45, 2.75) is 59.4 Å². The smallest absolute Gasteiger partial charge is 0.273 e. The quantitative estimate of drug-likeness (QED) is 0.491. The molecular formula is C26H38N6O3. The van der Waals surface area contributed by atoms with Gasteiger partial charge in [-0.3, -0.25) is 9.79 Å². The number of nitrogens with zero attached hydrogens (tertiary/aromatic N) is 6. The minimum atomic E-state index is -0.162. The van der Waals surface area contributed by atoms with Crippen molar-refractivity contribution < 1.29 is 14.3 Å². The van der Waals surface area contributed by atoms with E-state index in [0.29, 0.717) is 30.1 Å². The normalized spacial score (nSPS) is 12.3. The van der Waals surface area contributed by atoms with Gasteiger partial charge in [0.15, 0.2) is 17.1 Å². The average Bonchev–Trinajstić information content (AvgIpc) is 3.17. The van der Waals surface area contributed by atoms with Gasteiger partial charge in [-0.25, -0.2) is 4.68 Å². The topological polar surface area (TPSA) is 86.3 Å². The molecule has 9 heteroatoms. The van der Waals surface area contributed by atoms with Gasteiger partial charge in [0.05, 0.1) is 13.7 Å². The van der Waals surface area contributed by atoms with Crippen molar-refractivity contribution in [1.29, 1.82) is 0 Å². The van der Waals surface area contributed by atoms with Crippen molar-refractivity contribution in [3.63, 3.8) is 0 Å². The summed E-state index contributed by atoms with van der Waals surface area (Å²) in [6, 6.07) is 6.01. The van der Waals surface area contributed by atoms with Crippen LogP contribution < -0.4 is 15.1 Å². The van der Waals surface area contributed by atoms with Crippen LogP contribution in [0.5, 0.6) is 11.5 Å². The van der Waals surface area contributed by atoms with Gasteiger partial charge in [0.2, 0.25) is 5.62 Å². The highest BCUT2D eigenvalue weighted by atomic mass is 16.5. The molecule has 0 bridgehead atoms. The maximum absolute atomic E-state index is 12.5. The molecule has 0 N–H and O–H groups in total. The molecule has 3 rings (SSSR count). The van der Waals surface area contributed by atoms with Gasteiger partial charge >= 0.3 is 0 Å². The molecule has 9 nitrogen and oxygen atoms in total. The first-order valence-electron chi connectivity index (χ1n) is 12.0. The van der Waals surface area contributed by atoms with Crippen LogP contribution in [0.1, 0.15) is 61.3 Å². The van der Waals surface area contributed by atoms with Gasteiger partial charge in [-0.05, 0) is 48.4 Å². The molecule has 0 saturated carbocycles. The molecule has 0 aliphatic carbocycles. The maximum Gasteiger partial charge on any atom is 0.273 e. The molecule has 1 amide bonds. The Morgan fingerprint density at radius 1 is 1.17 bits per heavy atom. The largest absolute Gasteiger partial charge is 0.493 e. The summed E-state index contributed by atoms with van der Waals surface area (Å²) in [5.41, 5.74) is 4.61. The first-order chi connectivity index (χ1) is 16.5. The van der Waals surface area contributed by atoms with E-state index in [1.807, 2.05) is 11.6 Å². The molecule has 1 aromatic carbocycles. The lowest BCUT2D eigenvalue weighted by atomic mass is 9.84. The van der Waals surface area contributed by atoms with Gasteiger partial charge < -0.3 is 14.4 Å². The van der Waals surface area contributed by atoms with Crippen molar-refractivity contribution in [3.8, 4) is 11.5 Å². The van der Waals surface area contributed by atoms with Gasteiger partial charge in [0, 0.05) is 33.3 Å². The third kappa shape index (κ3) is 5.49. The fraction of sp³-hybridized carbons (Fsp3) is 0.538. The van der Waals surface area contributed by atoms with Crippen molar-refractivity contribution in [2.24, 2.45) is 4.99 Å². The van der Waals surface area contributed by atoms with Crippen LogP contribution in [0.25, 0.3) is 5.65 Å². The number of amides is 1. The van der Waals surface area contributed by atoms with E-state index in [4.69, 9.17) is 14.6 Å². The predicted molar refractivity (Wildman–Crippen MR) is 136 cm³/mol. The molecule has 0 fully saturated rings. The molecule has 190 valence electrons. The molecule has 0 spiro atoms. The summed E-state index contributed by atoms with van der Waals surface area (Å²) >= 11 is 0. The number of carbonyl (C=O) groups is 1. The Bertz CT molecular complexity index is 1280. The molecule has 0 aliphatic heterocycles. The van der Waals surface area contributed by atoms with Gasteiger partial charge in [-0.15, -0.1) is 5.10 Å². The van der Waals surface area contributed by atoms with E-state index in [2.05, 4.69) is 49.9 Å². The molecule has 0 aliphatic rings. The van der Waals surface area contributed by atoms with Crippen molar-refractivity contribution >= 4 is 11.6 Å². The second kappa shape index (κ2) is 10.5. The summed E-state index contributed by atoms with van der Waals surface area (Å²) in [5.74, 6) is 1.39. The zero-order chi connectivity index (χ0) is 25.9. The Kier molecular flexibility index (Phi) is 7.87. The van der Waals surface area contributed by atoms with Crippen molar-refractivity contribution in [3.05, 3.63) is 46.2 Å². The lowest BCUT2D eigenvalue weighted by Gasteiger charge is -2.25. The molecule has 2 aromatic heterocycles. The Balaban J connectivity index is 2.02. The van der Waals surface area contributed by atoms with Crippen LogP contribution in [0.3, 0.4) is 0 Å². The van der Waals surface area contributed by atoms with Crippen LogP contribution in [-0.2, 0) is 18.4 Å². The standard InChI is InChI=1S/C26H38N6O3/c1-10-13-35-21-16-18(15-19(22(21)34-9)26(3,4)5)11-12-31-25(27-6)32-23(29-31)17(2)14-20(28-32)24(33)30(7)8/h14-16H,10-13H2,1-9H3/b27-25+. The number of aryl methyl sites for hydroxylation is 3. The highest BCUT2D eigenvalue weighted by Crippen LogP contribution is 2.40. The fourth-order valence-electron chi connectivity index (χ4n) is 3.97. The number of aromatic nitrogens is 4. The Morgan fingerprint density at radius 3 is 2.46 bits per heavy atom. The van der Waals surface area contributed by atoms with Crippen LogP contribution in [-0.4, -0.2) is 65.1 Å². The van der Waals surface area contributed by atoms with Gasteiger partial charge in [-0.1, -0.05) is 33.8 Å². The highest BCUT2D eigenvalue weighted by Gasteiger charge is 2.23. The monoisotopic (exact) mass is 482 g/mol. The second-order valence-corrected chi connectivity index (χ2v) is 9.92. The van der Waals surface area contributed by atoms with E-state index in [1.54, 1.807) is 38.8 Å². The highest BCUT2D eigenvalue weighted by molar-refractivity contribution is 5.92. The van der Waals surface area contributed by atoms with Crippen molar-refractivity contribution in [2.75, 3.05) is 34.9 Å². The Morgan fingerprint density at radius 2 is 1.89 bits per heavy atom. The van der Waals surface area contributed by atoms with Crippen LogP contribution in [0.2, 0.25) is 0 Å². The lowest BCUT2D eigenvalue weighted by Crippen LogP contribution is -2.28. The summed E-state index contributed by atoms with van der Waals surface area (Å²) in [6.07, 6.45) is 1.64. The third-order valence-electron chi connectivity index (χ3n) is 5.78. The molecule has 2 heterocycles. The molecule has 35 heavy (non-hydrogen) atoms. The second-order valence-electron chi connectivity index (χ2n) is 9.92. The molecular weight excluding hydrogens is 444 g/mol. The zero-order valence-electron chi connectivity index (χ0n) is 22.5. The number of fused-ring (bicyclic) bond motifs is 1. The Hall–Kier alpha value is -3.36. The third-order valence-corrected chi connectivity index (χ3v) is 5.78. The van der Waals surface area contributed by atoms with Crippen LogP contribution in [0.15, 0.2) is 23.2 Å². The fourth-order valence-corrected chi connectivity index (χ4v) is 3.97. The summed E-state index contributed by atoms with van der Waals surface area (Å²) in [4.78, 5) is 18.4. The molecule has 0 atom stereocenters. The first-order valence-corrected chi connectivity index (χ1v) is 12.0. The number of hydrogen-bond acceptors (Lipinski definition) is 6. The van der Waals surface area contributed by atoms with Crippen LogP contribution in [0.4, 0.5) is 0 Å². The van der Waals surface area contributed by atoms with Gasteiger partial charge in [0.25, 0.3) is 5.91 Å². The number of methoxy groups -OCH3 is 1. The first kappa shape index (κ1) is 26.2.